The van der Waals surface area contributed by atoms with Crippen molar-refractivity contribution >= 4 is 17.4 Å². The summed E-state index contributed by atoms with van der Waals surface area (Å²) in [5.74, 6) is -0.0879. The number of aryl methyl sites for hydroxylation is 1. The number of aromatic nitrogens is 2. The molecule has 0 aliphatic carbocycles. The summed E-state index contributed by atoms with van der Waals surface area (Å²) >= 11 is 1.29. The topological polar surface area (TPSA) is 54.9 Å². The number of carbonyl (C=O) groups is 1. The van der Waals surface area contributed by atoms with E-state index in [9.17, 15) is 4.79 Å². The summed E-state index contributed by atoms with van der Waals surface area (Å²) in [7, 11) is 0. The molecule has 0 saturated heterocycles. The first-order valence-corrected chi connectivity index (χ1v) is 5.69. The molecular formula is C11H11N3OS. The van der Waals surface area contributed by atoms with Gasteiger partial charge in [0.1, 0.15) is 0 Å². The lowest BCUT2D eigenvalue weighted by atomic mass is 10.2. The lowest BCUT2D eigenvalue weighted by Gasteiger charge is -2.03. The molecular weight excluding hydrogens is 222 g/mol. The fourth-order valence-corrected chi connectivity index (χ4v) is 1.98. The minimum atomic E-state index is -0.0879. The number of hydrogen-bond acceptors (Lipinski definition) is 4. The molecule has 2 rings (SSSR count). The van der Waals surface area contributed by atoms with E-state index >= 15 is 0 Å². The van der Waals surface area contributed by atoms with Gasteiger partial charge in [0, 0.05) is 24.3 Å². The lowest BCUT2D eigenvalue weighted by molar-refractivity contribution is 0.0950. The second-order valence-corrected chi connectivity index (χ2v) is 3.99. The van der Waals surface area contributed by atoms with Crippen molar-refractivity contribution in [3.63, 3.8) is 0 Å². The highest BCUT2D eigenvalue weighted by molar-refractivity contribution is 7.03. The van der Waals surface area contributed by atoms with Crippen molar-refractivity contribution in [2.45, 2.75) is 13.5 Å². The molecule has 1 amide bonds. The smallest absolute Gasteiger partial charge is 0.254 e. The molecule has 0 radical (unpaired) electrons. The predicted octanol–water partition coefficient (Wildman–Crippen LogP) is 1.78. The van der Waals surface area contributed by atoms with Gasteiger partial charge in [-0.1, -0.05) is 6.07 Å². The molecule has 0 saturated carbocycles. The zero-order valence-electron chi connectivity index (χ0n) is 8.80. The average molecular weight is 233 g/mol. The van der Waals surface area contributed by atoms with Crippen LogP contribution in [-0.2, 0) is 6.54 Å². The minimum Gasteiger partial charge on any atom is -0.348 e. The number of hydrogen-bond donors (Lipinski definition) is 1. The fourth-order valence-electron chi connectivity index (χ4n) is 1.29. The molecule has 0 fully saturated rings. The number of pyridine rings is 1. The summed E-state index contributed by atoms with van der Waals surface area (Å²) in [5, 5.41) is 4.59. The Hall–Kier alpha value is -1.75. The van der Waals surface area contributed by atoms with Gasteiger partial charge in [-0.3, -0.25) is 9.78 Å². The van der Waals surface area contributed by atoms with Crippen LogP contribution in [0.3, 0.4) is 0 Å². The monoisotopic (exact) mass is 233 g/mol. The van der Waals surface area contributed by atoms with Crippen LogP contribution in [0.5, 0.6) is 0 Å². The van der Waals surface area contributed by atoms with Crippen molar-refractivity contribution in [3.05, 3.63) is 46.7 Å². The Morgan fingerprint density at radius 2 is 2.44 bits per heavy atom. The maximum atomic E-state index is 11.7. The van der Waals surface area contributed by atoms with Gasteiger partial charge in [-0.15, -0.1) is 0 Å². The molecule has 2 aromatic rings. The zero-order chi connectivity index (χ0) is 11.4. The van der Waals surface area contributed by atoms with Gasteiger partial charge >= 0.3 is 0 Å². The third-order valence-electron chi connectivity index (χ3n) is 2.17. The van der Waals surface area contributed by atoms with Gasteiger partial charge in [0.2, 0.25) is 0 Å². The van der Waals surface area contributed by atoms with Gasteiger partial charge in [0.25, 0.3) is 5.91 Å². The van der Waals surface area contributed by atoms with Crippen LogP contribution in [0.2, 0.25) is 0 Å². The van der Waals surface area contributed by atoms with Crippen LogP contribution in [0.4, 0.5) is 0 Å². The van der Waals surface area contributed by atoms with E-state index in [0.717, 1.165) is 11.3 Å². The van der Waals surface area contributed by atoms with Crippen LogP contribution < -0.4 is 5.32 Å². The molecule has 0 aliphatic rings. The maximum absolute atomic E-state index is 11.7. The minimum absolute atomic E-state index is 0.0879. The number of nitrogens with one attached hydrogen (secondary N) is 1. The summed E-state index contributed by atoms with van der Waals surface area (Å²) in [4.78, 5) is 15.7. The average Bonchev–Trinajstić information content (AvgIpc) is 2.74. The lowest BCUT2D eigenvalue weighted by Crippen LogP contribution is -2.23. The van der Waals surface area contributed by atoms with Gasteiger partial charge in [-0.25, -0.2) is 0 Å². The molecule has 0 unspecified atom stereocenters. The second-order valence-electron chi connectivity index (χ2n) is 3.36. The van der Waals surface area contributed by atoms with Crippen molar-refractivity contribution in [2.75, 3.05) is 0 Å². The molecule has 0 bridgehead atoms. The first-order chi connectivity index (χ1) is 7.77. The number of amides is 1. The summed E-state index contributed by atoms with van der Waals surface area (Å²) < 4.78 is 4.06. The number of carbonyl (C=O) groups excluding carboxylic acids is 1. The van der Waals surface area contributed by atoms with E-state index in [1.807, 2.05) is 19.1 Å². The molecule has 0 aromatic carbocycles. The van der Waals surface area contributed by atoms with Crippen LogP contribution in [0.1, 0.15) is 21.6 Å². The molecule has 0 aliphatic heterocycles. The van der Waals surface area contributed by atoms with Crippen molar-refractivity contribution in [1.29, 1.82) is 0 Å². The van der Waals surface area contributed by atoms with Crippen LogP contribution in [0, 0.1) is 6.92 Å². The quantitative estimate of drug-likeness (QED) is 0.879. The van der Waals surface area contributed by atoms with Crippen molar-refractivity contribution in [1.82, 2.24) is 14.7 Å². The van der Waals surface area contributed by atoms with E-state index < -0.39 is 0 Å². The first kappa shape index (κ1) is 10.8. The third-order valence-corrected chi connectivity index (χ3v) is 2.89. The van der Waals surface area contributed by atoms with Crippen molar-refractivity contribution < 1.29 is 4.79 Å². The van der Waals surface area contributed by atoms with Crippen LogP contribution >= 0.6 is 11.5 Å². The molecule has 16 heavy (non-hydrogen) atoms. The van der Waals surface area contributed by atoms with E-state index in [1.165, 1.54) is 11.5 Å². The number of nitrogens with zero attached hydrogens (tertiary/aromatic N) is 2. The Morgan fingerprint density at radius 3 is 3.06 bits per heavy atom. The van der Waals surface area contributed by atoms with Crippen molar-refractivity contribution in [3.8, 4) is 0 Å². The molecule has 2 heterocycles. The normalized spacial score (nSPS) is 10.1. The van der Waals surface area contributed by atoms with Gasteiger partial charge in [-0.05, 0) is 30.1 Å². The SMILES string of the molecule is Cc1nscc1C(=O)NCc1cccnc1. The Morgan fingerprint density at radius 1 is 1.56 bits per heavy atom. The highest BCUT2D eigenvalue weighted by Gasteiger charge is 2.10. The van der Waals surface area contributed by atoms with Crippen LogP contribution in [0.25, 0.3) is 0 Å². The van der Waals surface area contributed by atoms with Gasteiger partial charge in [0.15, 0.2) is 0 Å². The van der Waals surface area contributed by atoms with E-state index in [-0.39, 0.29) is 5.91 Å². The van der Waals surface area contributed by atoms with Crippen LogP contribution in [0.15, 0.2) is 29.9 Å². The molecule has 0 spiro atoms. The Balaban J connectivity index is 1.97. The largest absolute Gasteiger partial charge is 0.348 e. The standard InChI is InChI=1S/C11H11N3OS/c1-8-10(7-16-14-8)11(15)13-6-9-3-2-4-12-5-9/h2-5,7H,6H2,1H3,(H,13,15). The predicted molar refractivity (Wildman–Crippen MR) is 62.3 cm³/mol. The maximum Gasteiger partial charge on any atom is 0.254 e. The number of rotatable bonds is 3. The zero-order valence-corrected chi connectivity index (χ0v) is 9.62. The molecule has 4 nitrogen and oxygen atoms in total. The summed E-state index contributed by atoms with van der Waals surface area (Å²) in [6, 6.07) is 3.77. The van der Waals surface area contributed by atoms with Crippen LogP contribution in [-0.4, -0.2) is 15.3 Å². The molecule has 5 heteroatoms. The molecule has 82 valence electrons. The fraction of sp³-hybridized carbons (Fsp3) is 0.182. The Labute approximate surface area is 97.5 Å². The highest BCUT2D eigenvalue weighted by atomic mass is 32.1. The first-order valence-electron chi connectivity index (χ1n) is 4.85. The highest BCUT2D eigenvalue weighted by Crippen LogP contribution is 2.08. The van der Waals surface area contributed by atoms with Gasteiger partial charge < -0.3 is 5.32 Å². The third kappa shape index (κ3) is 2.43. The Kier molecular flexibility index (Phi) is 3.26. The van der Waals surface area contributed by atoms with E-state index in [2.05, 4.69) is 14.7 Å². The van der Waals surface area contributed by atoms with E-state index in [0.29, 0.717) is 12.1 Å². The van der Waals surface area contributed by atoms with E-state index in [4.69, 9.17) is 0 Å². The Bertz CT molecular complexity index is 481. The summed E-state index contributed by atoms with van der Waals surface area (Å²) in [6.07, 6.45) is 3.44. The molecule has 1 N–H and O–H groups in total. The summed E-state index contributed by atoms with van der Waals surface area (Å²) in [5.41, 5.74) is 2.40. The van der Waals surface area contributed by atoms with Crippen molar-refractivity contribution in [2.24, 2.45) is 0 Å². The van der Waals surface area contributed by atoms with E-state index in [1.54, 1.807) is 17.8 Å². The summed E-state index contributed by atoms with van der Waals surface area (Å²) in [6.45, 7) is 2.32. The van der Waals surface area contributed by atoms with Gasteiger partial charge in [-0.2, -0.15) is 4.37 Å². The van der Waals surface area contributed by atoms with Gasteiger partial charge in [0.05, 0.1) is 11.3 Å². The second kappa shape index (κ2) is 4.85. The molecule has 0 atom stereocenters. The molecule has 2 aromatic heterocycles.